The zero-order valence-electron chi connectivity index (χ0n) is 9.08. The van der Waals surface area contributed by atoms with Crippen molar-refractivity contribution in [3.8, 4) is 0 Å². The van der Waals surface area contributed by atoms with Crippen molar-refractivity contribution in [2.45, 2.75) is 19.3 Å². The molecule has 1 aromatic rings. The topological polar surface area (TPSA) is 55.2 Å². The van der Waals surface area contributed by atoms with Gasteiger partial charge in [-0.1, -0.05) is 6.42 Å². The van der Waals surface area contributed by atoms with Gasteiger partial charge in [-0.25, -0.2) is 4.39 Å². The average molecular weight is 242 g/mol. The maximum atomic E-state index is 13.3. The molecule has 0 aromatic heterocycles. The Balaban J connectivity index is 2.20. The Labute approximate surface area is 96.8 Å². The van der Waals surface area contributed by atoms with E-state index in [9.17, 15) is 18.9 Å². The molecule has 92 valence electrons. The second kappa shape index (κ2) is 4.65. The highest BCUT2D eigenvalue weighted by Gasteiger charge is 2.23. The summed E-state index contributed by atoms with van der Waals surface area (Å²) >= 11 is 0. The van der Waals surface area contributed by atoms with E-state index in [1.807, 2.05) is 0 Å². The highest BCUT2D eigenvalue weighted by molar-refractivity contribution is 5.62. The minimum absolute atomic E-state index is 0.0839. The second-order valence-corrected chi connectivity index (χ2v) is 4.22. The lowest BCUT2D eigenvalue weighted by atomic mass is 9.85. The van der Waals surface area contributed by atoms with Crippen molar-refractivity contribution in [3.05, 3.63) is 33.9 Å². The summed E-state index contributed by atoms with van der Waals surface area (Å²) in [5, 5.41) is 13.4. The smallest absolute Gasteiger partial charge is 0.327 e. The van der Waals surface area contributed by atoms with Gasteiger partial charge in [-0.3, -0.25) is 10.1 Å². The van der Waals surface area contributed by atoms with E-state index >= 15 is 0 Å². The molecule has 1 saturated carbocycles. The Morgan fingerprint density at radius 2 is 2.12 bits per heavy atom. The normalized spacial score (nSPS) is 15.4. The third-order valence-electron chi connectivity index (χ3n) is 3.02. The Morgan fingerprint density at radius 1 is 1.41 bits per heavy atom. The van der Waals surface area contributed by atoms with Crippen LogP contribution in [0.3, 0.4) is 0 Å². The van der Waals surface area contributed by atoms with Gasteiger partial charge in [0.05, 0.1) is 4.92 Å². The molecule has 0 bridgehead atoms. The third-order valence-corrected chi connectivity index (χ3v) is 3.02. The van der Waals surface area contributed by atoms with Crippen LogP contribution in [0.2, 0.25) is 0 Å². The van der Waals surface area contributed by atoms with Crippen molar-refractivity contribution in [2.75, 3.05) is 11.9 Å². The van der Waals surface area contributed by atoms with Crippen LogP contribution in [-0.4, -0.2) is 11.5 Å². The first-order valence-corrected chi connectivity index (χ1v) is 5.45. The van der Waals surface area contributed by atoms with E-state index in [-0.39, 0.29) is 5.69 Å². The first kappa shape index (κ1) is 11.8. The molecule has 1 aliphatic carbocycles. The predicted molar refractivity (Wildman–Crippen MR) is 58.8 cm³/mol. The SMILES string of the molecule is O=[N+]([O-])c1c(F)cc(F)cc1NCC1CCC1. The van der Waals surface area contributed by atoms with Gasteiger partial charge in [0, 0.05) is 18.7 Å². The van der Waals surface area contributed by atoms with Gasteiger partial charge in [-0.2, -0.15) is 4.39 Å². The molecule has 0 spiro atoms. The van der Waals surface area contributed by atoms with Crippen LogP contribution < -0.4 is 5.32 Å². The highest BCUT2D eigenvalue weighted by atomic mass is 19.1. The van der Waals surface area contributed by atoms with Gasteiger partial charge in [-0.15, -0.1) is 0 Å². The number of hydrogen-bond donors (Lipinski definition) is 1. The lowest BCUT2D eigenvalue weighted by Gasteiger charge is -2.25. The summed E-state index contributed by atoms with van der Waals surface area (Å²) in [6.07, 6.45) is 3.25. The van der Waals surface area contributed by atoms with Crippen LogP contribution in [0.1, 0.15) is 19.3 Å². The zero-order valence-corrected chi connectivity index (χ0v) is 9.08. The molecule has 1 fully saturated rings. The van der Waals surface area contributed by atoms with E-state index in [2.05, 4.69) is 5.32 Å². The molecule has 0 saturated heterocycles. The van der Waals surface area contributed by atoms with Crippen LogP contribution in [-0.2, 0) is 0 Å². The lowest BCUT2D eigenvalue weighted by molar-refractivity contribution is -0.386. The van der Waals surface area contributed by atoms with E-state index in [0.717, 1.165) is 25.3 Å². The molecule has 0 heterocycles. The molecule has 0 amide bonds. The van der Waals surface area contributed by atoms with E-state index in [0.29, 0.717) is 18.5 Å². The Kier molecular flexibility index (Phi) is 3.21. The maximum Gasteiger partial charge on any atom is 0.327 e. The van der Waals surface area contributed by atoms with Crippen molar-refractivity contribution < 1.29 is 13.7 Å². The van der Waals surface area contributed by atoms with E-state index < -0.39 is 22.2 Å². The molecule has 0 unspecified atom stereocenters. The molecule has 1 N–H and O–H groups in total. The summed E-state index contributed by atoms with van der Waals surface area (Å²) in [5.74, 6) is -1.52. The fourth-order valence-electron chi connectivity index (χ4n) is 1.84. The molecule has 0 radical (unpaired) electrons. The Hall–Kier alpha value is -1.72. The van der Waals surface area contributed by atoms with E-state index in [4.69, 9.17) is 0 Å². The van der Waals surface area contributed by atoms with Gasteiger partial charge >= 0.3 is 5.69 Å². The fourth-order valence-corrected chi connectivity index (χ4v) is 1.84. The monoisotopic (exact) mass is 242 g/mol. The van der Waals surface area contributed by atoms with Crippen molar-refractivity contribution in [1.29, 1.82) is 0 Å². The van der Waals surface area contributed by atoms with Gasteiger partial charge in [0.25, 0.3) is 0 Å². The summed E-state index contributed by atoms with van der Waals surface area (Å²) in [6.45, 7) is 0.518. The standard InChI is InChI=1S/C11H12F2N2O2/c12-8-4-9(13)11(15(16)17)10(5-8)14-6-7-2-1-3-7/h4-5,7,14H,1-3,6H2. The van der Waals surface area contributed by atoms with Crippen molar-refractivity contribution in [2.24, 2.45) is 5.92 Å². The van der Waals surface area contributed by atoms with E-state index in [1.165, 1.54) is 0 Å². The van der Waals surface area contributed by atoms with Gasteiger partial charge in [0.15, 0.2) is 0 Å². The number of nitro benzene ring substituents is 1. The van der Waals surface area contributed by atoms with Crippen LogP contribution in [0.5, 0.6) is 0 Å². The Bertz CT molecular complexity index is 447. The Morgan fingerprint density at radius 3 is 2.65 bits per heavy atom. The summed E-state index contributed by atoms with van der Waals surface area (Å²) in [7, 11) is 0. The summed E-state index contributed by atoms with van der Waals surface area (Å²) in [5.41, 5.74) is -0.773. The van der Waals surface area contributed by atoms with Crippen molar-refractivity contribution in [3.63, 3.8) is 0 Å². The largest absolute Gasteiger partial charge is 0.379 e. The first-order valence-electron chi connectivity index (χ1n) is 5.45. The molecular weight excluding hydrogens is 230 g/mol. The number of hydrogen-bond acceptors (Lipinski definition) is 3. The first-order chi connectivity index (χ1) is 8.08. The van der Waals surface area contributed by atoms with Crippen molar-refractivity contribution in [1.82, 2.24) is 0 Å². The minimum Gasteiger partial charge on any atom is -0.379 e. The highest BCUT2D eigenvalue weighted by Crippen LogP contribution is 2.31. The average Bonchev–Trinajstić information content (AvgIpc) is 2.12. The van der Waals surface area contributed by atoms with Crippen LogP contribution in [0.15, 0.2) is 12.1 Å². The number of nitro groups is 1. The van der Waals surface area contributed by atoms with Crippen molar-refractivity contribution >= 4 is 11.4 Å². The zero-order chi connectivity index (χ0) is 12.4. The van der Waals surface area contributed by atoms with Crippen LogP contribution in [0.25, 0.3) is 0 Å². The van der Waals surface area contributed by atoms with Gasteiger partial charge in [-0.05, 0) is 18.8 Å². The second-order valence-electron chi connectivity index (χ2n) is 4.22. The fraction of sp³-hybridized carbons (Fsp3) is 0.455. The van der Waals surface area contributed by atoms with Crippen LogP contribution in [0, 0.1) is 27.7 Å². The molecule has 0 atom stereocenters. The molecule has 4 nitrogen and oxygen atoms in total. The molecule has 1 aliphatic rings. The molecule has 2 rings (SSSR count). The number of anilines is 1. The van der Waals surface area contributed by atoms with Crippen LogP contribution in [0.4, 0.5) is 20.2 Å². The summed E-state index contributed by atoms with van der Waals surface area (Å²) in [6, 6.07) is 1.48. The molecule has 17 heavy (non-hydrogen) atoms. The predicted octanol–water partition coefficient (Wildman–Crippen LogP) is 3.09. The molecular formula is C11H12F2N2O2. The number of halogens is 2. The van der Waals surface area contributed by atoms with Gasteiger partial charge in [0.2, 0.25) is 5.82 Å². The molecule has 0 aliphatic heterocycles. The minimum atomic E-state index is -1.15. The number of nitrogens with zero attached hydrogens (tertiary/aromatic N) is 1. The lowest BCUT2D eigenvalue weighted by Crippen LogP contribution is -2.21. The van der Waals surface area contributed by atoms with E-state index in [1.54, 1.807) is 0 Å². The molecule has 1 aromatic carbocycles. The summed E-state index contributed by atoms with van der Waals surface area (Å²) < 4.78 is 26.2. The number of rotatable bonds is 4. The van der Waals surface area contributed by atoms with Gasteiger partial charge in [0.1, 0.15) is 11.5 Å². The summed E-state index contributed by atoms with van der Waals surface area (Å²) in [4.78, 5) is 9.85. The third kappa shape index (κ3) is 2.51. The van der Waals surface area contributed by atoms with Gasteiger partial charge < -0.3 is 5.32 Å². The molecule has 6 heteroatoms. The maximum absolute atomic E-state index is 13.3. The quantitative estimate of drug-likeness (QED) is 0.652. The van der Waals surface area contributed by atoms with Crippen LogP contribution >= 0.6 is 0 Å². The number of nitrogens with one attached hydrogen (secondary N) is 1. The number of benzene rings is 1.